The Morgan fingerprint density at radius 3 is 1.31 bits per heavy atom. The second-order valence-electron chi connectivity index (χ2n) is 2.35. The lowest BCUT2D eigenvalue weighted by molar-refractivity contribution is 0.266. The summed E-state index contributed by atoms with van der Waals surface area (Å²) in [6.07, 6.45) is 0. The largest absolute Gasteiger partial charge is 0.273 e. The topological polar surface area (TPSA) is 0 Å². The Labute approximate surface area is 96.5 Å². The molecule has 0 saturated carbocycles. The molecule has 1 rings (SSSR count). The van der Waals surface area contributed by atoms with E-state index >= 15 is 0 Å². The Bertz CT molecular complexity index is 256. The molecule has 0 N–H and O–H groups in total. The molecule has 8 heteroatoms. The predicted octanol–water partition coefficient (Wildman–Crippen LogP) is 4.40. The van der Waals surface area contributed by atoms with Gasteiger partial charge in [0.25, 0.3) is 5.13 Å². The molecule has 1 aliphatic carbocycles. The van der Waals surface area contributed by atoms with E-state index in [-0.39, 0.29) is 0 Å². The highest BCUT2D eigenvalue weighted by molar-refractivity contribution is 6.67. The average Bonchev–Trinajstić information content (AvgIpc) is 2.05. The van der Waals surface area contributed by atoms with Crippen molar-refractivity contribution in [3.8, 4) is 0 Å². The standard InChI is InChI=1S/C5Cl5F3/c6-3(7)1(11)2(12)4(8,13)5(3,9)10. The van der Waals surface area contributed by atoms with Crippen LogP contribution in [-0.4, -0.2) is 13.8 Å². The minimum Gasteiger partial charge on any atom is -0.215 e. The summed E-state index contributed by atoms with van der Waals surface area (Å²) in [6.45, 7) is 0. The normalized spacial score (nSPS) is 36.9. The van der Waals surface area contributed by atoms with E-state index in [1.807, 2.05) is 0 Å². The SMILES string of the molecule is FC1=C(F)C(Cl)(Cl)C(Cl)(Cl)C1(F)Cl. The summed E-state index contributed by atoms with van der Waals surface area (Å²) >= 11 is 25.7. The molecule has 0 spiro atoms. The monoisotopic (exact) mass is 292 g/mol. The molecule has 0 fully saturated rings. The van der Waals surface area contributed by atoms with E-state index in [4.69, 9.17) is 58.0 Å². The van der Waals surface area contributed by atoms with Gasteiger partial charge in [-0.15, -0.1) is 0 Å². The van der Waals surface area contributed by atoms with Gasteiger partial charge in [0, 0.05) is 0 Å². The molecule has 0 aromatic heterocycles. The van der Waals surface area contributed by atoms with Crippen molar-refractivity contribution in [2.24, 2.45) is 0 Å². The second-order valence-corrected chi connectivity index (χ2v) is 5.53. The summed E-state index contributed by atoms with van der Waals surface area (Å²) in [5.74, 6) is -3.83. The molecule has 13 heavy (non-hydrogen) atoms. The molecule has 0 amide bonds. The van der Waals surface area contributed by atoms with Crippen molar-refractivity contribution in [1.82, 2.24) is 0 Å². The first kappa shape index (κ1) is 12.1. The zero-order valence-corrected chi connectivity index (χ0v) is 9.30. The molecule has 0 radical (unpaired) electrons. The first-order valence-corrected chi connectivity index (χ1v) is 4.65. The molecule has 0 aromatic carbocycles. The molecular formula is C5Cl5F3. The molecule has 0 saturated heterocycles. The van der Waals surface area contributed by atoms with Crippen molar-refractivity contribution in [2.75, 3.05) is 0 Å². The summed E-state index contributed by atoms with van der Waals surface area (Å²) in [4.78, 5) is 0. The van der Waals surface area contributed by atoms with Crippen LogP contribution < -0.4 is 0 Å². The van der Waals surface area contributed by atoms with E-state index in [0.717, 1.165) is 0 Å². The molecule has 0 nitrogen and oxygen atoms in total. The van der Waals surface area contributed by atoms with Crippen LogP contribution in [0.15, 0.2) is 11.7 Å². The van der Waals surface area contributed by atoms with Crippen LogP contribution in [0, 0.1) is 0 Å². The number of alkyl halides is 6. The highest BCUT2D eigenvalue weighted by atomic mass is 35.5. The predicted molar refractivity (Wildman–Crippen MR) is 47.8 cm³/mol. The third-order valence-corrected chi connectivity index (χ3v) is 4.55. The van der Waals surface area contributed by atoms with E-state index in [9.17, 15) is 13.2 Å². The van der Waals surface area contributed by atoms with Crippen molar-refractivity contribution < 1.29 is 13.2 Å². The third-order valence-electron chi connectivity index (χ3n) is 1.53. The van der Waals surface area contributed by atoms with Crippen LogP contribution in [0.25, 0.3) is 0 Å². The van der Waals surface area contributed by atoms with Gasteiger partial charge in [0.05, 0.1) is 0 Å². The van der Waals surface area contributed by atoms with Gasteiger partial charge in [0.15, 0.2) is 11.7 Å². The fourth-order valence-corrected chi connectivity index (χ4v) is 1.83. The van der Waals surface area contributed by atoms with Gasteiger partial charge in [-0.05, 0) is 0 Å². The van der Waals surface area contributed by atoms with Gasteiger partial charge in [0.2, 0.25) is 8.67 Å². The van der Waals surface area contributed by atoms with Crippen molar-refractivity contribution in [2.45, 2.75) is 13.8 Å². The zero-order valence-electron chi connectivity index (χ0n) is 5.52. The van der Waals surface area contributed by atoms with E-state index < -0.39 is 25.4 Å². The third kappa shape index (κ3) is 1.28. The van der Waals surface area contributed by atoms with E-state index in [2.05, 4.69) is 0 Å². The Morgan fingerprint density at radius 2 is 1.23 bits per heavy atom. The lowest BCUT2D eigenvalue weighted by atomic mass is 10.3. The lowest BCUT2D eigenvalue weighted by Crippen LogP contribution is -2.44. The highest BCUT2D eigenvalue weighted by Gasteiger charge is 2.73. The van der Waals surface area contributed by atoms with Gasteiger partial charge in [-0.25, -0.2) is 13.2 Å². The molecule has 76 valence electrons. The second kappa shape index (κ2) is 2.99. The number of rotatable bonds is 0. The van der Waals surface area contributed by atoms with Crippen LogP contribution >= 0.6 is 58.0 Å². The van der Waals surface area contributed by atoms with E-state index in [0.29, 0.717) is 0 Å². The molecule has 1 atom stereocenters. The summed E-state index contributed by atoms with van der Waals surface area (Å²) in [5, 5.41) is -3.47. The Kier molecular flexibility index (Phi) is 2.77. The van der Waals surface area contributed by atoms with Gasteiger partial charge >= 0.3 is 0 Å². The molecule has 0 bridgehead atoms. The van der Waals surface area contributed by atoms with Gasteiger partial charge in [-0.3, -0.25) is 0 Å². The quantitative estimate of drug-likeness (QED) is 0.581. The van der Waals surface area contributed by atoms with Gasteiger partial charge in [0.1, 0.15) is 0 Å². The Hall–Kier alpha value is 0.980. The van der Waals surface area contributed by atoms with Crippen molar-refractivity contribution in [3.63, 3.8) is 0 Å². The van der Waals surface area contributed by atoms with E-state index in [1.165, 1.54) is 0 Å². The van der Waals surface area contributed by atoms with Crippen molar-refractivity contribution in [3.05, 3.63) is 11.7 Å². The summed E-state index contributed by atoms with van der Waals surface area (Å²) in [5.41, 5.74) is 0. The maximum absolute atomic E-state index is 13.2. The fraction of sp³-hybridized carbons (Fsp3) is 0.600. The van der Waals surface area contributed by atoms with Crippen LogP contribution in [0.4, 0.5) is 13.2 Å². The van der Waals surface area contributed by atoms with Crippen molar-refractivity contribution in [1.29, 1.82) is 0 Å². The molecule has 1 aliphatic rings. The lowest BCUT2D eigenvalue weighted by Gasteiger charge is -2.30. The molecular weight excluding hydrogens is 294 g/mol. The van der Waals surface area contributed by atoms with Crippen LogP contribution in [0.2, 0.25) is 0 Å². The highest BCUT2D eigenvalue weighted by Crippen LogP contribution is 2.65. The minimum absolute atomic E-state index is 1.82. The number of hydrogen-bond donors (Lipinski definition) is 0. The first-order chi connectivity index (χ1) is 5.57. The summed E-state index contributed by atoms with van der Waals surface area (Å²) < 4.78 is 33.2. The smallest absolute Gasteiger partial charge is 0.215 e. The zero-order chi connectivity index (χ0) is 10.7. The maximum Gasteiger partial charge on any atom is 0.273 e. The van der Waals surface area contributed by atoms with Crippen LogP contribution in [0.5, 0.6) is 0 Å². The Morgan fingerprint density at radius 1 is 0.846 bits per heavy atom. The number of allylic oxidation sites excluding steroid dienone is 2. The van der Waals surface area contributed by atoms with E-state index in [1.54, 1.807) is 0 Å². The molecule has 0 aliphatic heterocycles. The van der Waals surface area contributed by atoms with Crippen LogP contribution in [0.1, 0.15) is 0 Å². The number of halogens is 8. The average molecular weight is 294 g/mol. The van der Waals surface area contributed by atoms with Crippen LogP contribution in [0.3, 0.4) is 0 Å². The van der Waals surface area contributed by atoms with Gasteiger partial charge in [-0.1, -0.05) is 58.0 Å². The fourth-order valence-electron chi connectivity index (χ4n) is 0.749. The van der Waals surface area contributed by atoms with Crippen molar-refractivity contribution >= 4 is 58.0 Å². The summed E-state index contributed by atoms with van der Waals surface area (Å²) in [6, 6.07) is 0. The minimum atomic E-state index is -3.47. The summed E-state index contributed by atoms with van der Waals surface area (Å²) in [7, 11) is 0. The molecule has 1 unspecified atom stereocenters. The van der Waals surface area contributed by atoms with Gasteiger partial charge in [-0.2, -0.15) is 0 Å². The number of hydrogen-bond acceptors (Lipinski definition) is 0. The maximum atomic E-state index is 13.2. The van der Waals surface area contributed by atoms with Crippen LogP contribution in [-0.2, 0) is 0 Å². The first-order valence-electron chi connectivity index (χ1n) is 2.76. The van der Waals surface area contributed by atoms with Gasteiger partial charge < -0.3 is 0 Å². The molecule has 0 heterocycles. The molecule has 0 aromatic rings. The Balaban J connectivity index is 3.39.